The first kappa shape index (κ1) is 14.5. The van der Waals surface area contributed by atoms with E-state index in [1.807, 2.05) is 18.3 Å². The minimum absolute atomic E-state index is 0.746. The summed E-state index contributed by atoms with van der Waals surface area (Å²) in [6.45, 7) is 1.76. The summed E-state index contributed by atoms with van der Waals surface area (Å²) in [4.78, 5) is 6.59. The predicted molar refractivity (Wildman–Crippen MR) is 90.3 cm³/mol. The van der Waals surface area contributed by atoms with E-state index in [0.717, 1.165) is 29.3 Å². The summed E-state index contributed by atoms with van der Waals surface area (Å²) >= 11 is 3.69. The minimum atomic E-state index is 0.746. The lowest BCUT2D eigenvalue weighted by Gasteiger charge is -2.21. The van der Waals surface area contributed by atoms with Gasteiger partial charge in [-0.1, -0.05) is 12.1 Å². The van der Waals surface area contributed by atoms with Gasteiger partial charge in [0.15, 0.2) is 0 Å². The van der Waals surface area contributed by atoms with Crippen LogP contribution in [0.25, 0.3) is 0 Å². The van der Waals surface area contributed by atoms with Gasteiger partial charge in [0.1, 0.15) is 0 Å². The smallest absolute Gasteiger partial charge is 0.0599 e. The highest BCUT2D eigenvalue weighted by atomic mass is 79.9. The number of pyridine rings is 1. The Morgan fingerprint density at radius 2 is 2.14 bits per heavy atom. The number of halogens is 1. The fourth-order valence-corrected chi connectivity index (χ4v) is 3.07. The highest BCUT2D eigenvalue weighted by Gasteiger charge is 2.20. The molecule has 1 fully saturated rings. The average Bonchev–Trinajstić information content (AvgIpc) is 3.30. The van der Waals surface area contributed by atoms with Crippen molar-refractivity contribution in [2.45, 2.75) is 32.0 Å². The molecule has 0 amide bonds. The molecule has 0 unspecified atom stereocenters. The van der Waals surface area contributed by atoms with Crippen molar-refractivity contribution in [1.29, 1.82) is 0 Å². The van der Waals surface area contributed by atoms with Crippen molar-refractivity contribution in [3.63, 3.8) is 0 Å². The quantitative estimate of drug-likeness (QED) is 0.864. The van der Waals surface area contributed by atoms with Crippen molar-refractivity contribution in [1.82, 2.24) is 10.3 Å². The van der Waals surface area contributed by atoms with Gasteiger partial charge in [0.25, 0.3) is 0 Å². The van der Waals surface area contributed by atoms with Gasteiger partial charge in [-0.2, -0.15) is 0 Å². The Morgan fingerprint density at radius 1 is 1.29 bits per heavy atom. The molecule has 1 N–H and O–H groups in total. The van der Waals surface area contributed by atoms with Crippen LogP contribution in [0.3, 0.4) is 0 Å². The summed E-state index contributed by atoms with van der Waals surface area (Å²) in [6.07, 6.45) is 4.49. The summed E-state index contributed by atoms with van der Waals surface area (Å²) < 4.78 is 1.14. The normalized spacial score (nSPS) is 14.2. The van der Waals surface area contributed by atoms with E-state index in [0.29, 0.717) is 0 Å². The SMILES string of the molecule is CN(Cc1ccccn1)c1ccc(CNC2CC2)cc1Br. The van der Waals surface area contributed by atoms with E-state index in [-0.39, 0.29) is 0 Å². The molecule has 4 heteroatoms. The lowest BCUT2D eigenvalue weighted by molar-refractivity contribution is 0.687. The molecule has 1 aromatic heterocycles. The number of anilines is 1. The van der Waals surface area contributed by atoms with Gasteiger partial charge in [-0.25, -0.2) is 0 Å². The summed E-state index contributed by atoms with van der Waals surface area (Å²) in [5.41, 5.74) is 3.59. The fourth-order valence-electron chi connectivity index (χ4n) is 2.34. The second-order valence-electron chi connectivity index (χ2n) is 5.62. The third kappa shape index (κ3) is 4.05. The molecule has 1 aliphatic carbocycles. The molecule has 21 heavy (non-hydrogen) atoms. The van der Waals surface area contributed by atoms with E-state index in [2.05, 4.69) is 62.4 Å². The van der Waals surface area contributed by atoms with E-state index >= 15 is 0 Å². The monoisotopic (exact) mass is 345 g/mol. The average molecular weight is 346 g/mol. The molecule has 110 valence electrons. The maximum Gasteiger partial charge on any atom is 0.0599 e. The Hall–Kier alpha value is -1.39. The van der Waals surface area contributed by atoms with E-state index in [9.17, 15) is 0 Å². The number of nitrogens with zero attached hydrogens (tertiary/aromatic N) is 2. The minimum Gasteiger partial charge on any atom is -0.368 e. The zero-order chi connectivity index (χ0) is 14.7. The Balaban J connectivity index is 1.66. The fraction of sp³-hybridized carbons (Fsp3) is 0.353. The maximum atomic E-state index is 4.38. The zero-order valence-electron chi connectivity index (χ0n) is 12.2. The number of hydrogen-bond donors (Lipinski definition) is 1. The molecule has 0 bridgehead atoms. The van der Waals surface area contributed by atoms with Gasteiger partial charge in [-0.3, -0.25) is 4.98 Å². The summed E-state index contributed by atoms with van der Waals surface area (Å²) in [5.74, 6) is 0. The Bertz CT molecular complexity index is 596. The van der Waals surface area contributed by atoms with Gasteiger partial charge in [0.2, 0.25) is 0 Å². The van der Waals surface area contributed by atoms with Crippen molar-refractivity contribution >= 4 is 21.6 Å². The molecule has 0 saturated heterocycles. The number of rotatable bonds is 6. The largest absolute Gasteiger partial charge is 0.368 e. The second-order valence-corrected chi connectivity index (χ2v) is 6.47. The Kier molecular flexibility index (Phi) is 4.56. The van der Waals surface area contributed by atoms with Crippen molar-refractivity contribution in [3.05, 3.63) is 58.3 Å². The first-order valence-electron chi connectivity index (χ1n) is 7.35. The van der Waals surface area contributed by atoms with Crippen molar-refractivity contribution in [2.75, 3.05) is 11.9 Å². The van der Waals surface area contributed by atoms with Crippen LogP contribution in [0.1, 0.15) is 24.1 Å². The third-order valence-corrected chi connectivity index (χ3v) is 4.36. The first-order valence-corrected chi connectivity index (χ1v) is 8.14. The van der Waals surface area contributed by atoms with Crippen LogP contribution in [-0.4, -0.2) is 18.1 Å². The van der Waals surface area contributed by atoms with Gasteiger partial charge in [0.05, 0.1) is 17.9 Å². The molecule has 2 aromatic rings. The molecule has 3 rings (SSSR count). The van der Waals surface area contributed by atoms with Gasteiger partial charge in [0, 0.05) is 30.3 Å². The van der Waals surface area contributed by atoms with Crippen LogP contribution in [0, 0.1) is 0 Å². The summed E-state index contributed by atoms with van der Waals surface area (Å²) in [7, 11) is 2.09. The first-order chi connectivity index (χ1) is 10.2. The molecule has 0 aliphatic heterocycles. The maximum absolute atomic E-state index is 4.38. The number of hydrogen-bond acceptors (Lipinski definition) is 3. The Labute approximate surface area is 134 Å². The molecule has 0 atom stereocenters. The number of benzene rings is 1. The standard InChI is InChI=1S/C17H20BrN3/c1-21(12-15-4-2-3-9-19-15)17-8-5-13(10-16(17)18)11-20-14-6-7-14/h2-5,8-10,14,20H,6-7,11-12H2,1H3. The predicted octanol–water partition coefficient (Wildman–Crippen LogP) is 3.73. The van der Waals surface area contributed by atoms with Crippen LogP contribution in [0.2, 0.25) is 0 Å². The van der Waals surface area contributed by atoms with Crippen LogP contribution >= 0.6 is 15.9 Å². The van der Waals surface area contributed by atoms with Crippen LogP contribution in [0.15, 0.2) is 47.1 Å². The molecule has 1 heterocycles. The van der Waals surface area contributed by atoms with Gasteiger partial charge < -0.3 is 10.2 Å². The van der Waals surface area contributed by atoms with E-state index in [4.69, 9.17) is 0 Å². The highest BCUT2D eigenvalue weighted by Crippen LogP contribution is 2.28. The van der Waals surface area contributed by atoms with Gasteiger partial charge >= 0.3 is 0 Å². The lowest BCUT2D eigenvalue weighted by Crippen LogP contribution is -2.18. The second kappa shape index (κ2) is 6.58. The van der Waals surface area contributed by atoms with Crippen molar-refractivity contribution in [2.24, 2.45) is 0 Å². The van der Waals surface area contributed by atoms with Crippen LogP contribution in [-0.2, 0) is 13.1 Å². The van der Waals surface area contributed by atoms with Crippen LogP contribution in [0.4, 0.5) is 5.69 Å². The molecular formula is C17H20BrN3. The van der Waals surface area contributed by atoms with Crippen molar-refractivity contribution in [3.8, 4) is 0 Å². The Morgan fingerprint density at radius 3 is 2.81 bits per heavy atom. The van der Waals surface area contributed by atoms with Gasteiger partial charge in [-0.05, 0) is 58.6 Å². The van der Waals surface area contributed by atoms with E-state index < -0.39 is 0 Å². The van der Waals surface area contributed by atoms with Crippen LogP contribution < -0.4 is 10.2 Å². The highest BCUT2D eigenvalue weighted by molar-refractivity contribution is 9.10. The zero-order valence-corrected chi connectivity index (χ0v) is 13.8. The van der Waals surface area contributed by atoms with E-state index in [1.165, 1.54) is 24.1 Å². The molecule has 1 saturated carbocycles. The number of aromatic nitrogens is 1. The number of nitrogens with one attached hydrogen (secondary N) is 1. The summed E-state index contributed by atoms with van der Waals surface area (Å²) in [6, 6.07) is 13.4. The van der Waals surface area contributed by atoms with Crippen molar-refractivity contribution < 1.29 is 0 Å². The molecule has 0 radical (unpaired) electrons. The summed E-state index contributed by atoms with van der Waals surface area (Å²) in [5, 5.41) is 3.54. The molecule has 1 aromatic carbocycles. The molecule has 1 aliphatic rings. The van der Waals surface area contributed by atoms with Crippen LogP contribution in [0.5, 0.6) is 0 Å². The van der Waals surface area contributed by atoms with E-state index in [1.54, 1.807) is 0 Å². The molecule has 0 spiro atoms. The molecule has 3 nitrogen and oxygen atoms in total. The van der Waals surface area contributed by atoms with Gasteiger partial charge in [-0.15, -0.1) is 0 Å². The topological polar surface area (TPSA) is 28.2 Å². The lowest BCUT2D eigenvalue weighted by atomic mass is 10.2. The molecular weight excluding hydrogens is 326 g/mol. The third-order valence-electron chi connectivity index (χ3n) is 3.72.